The van der Waals surface area contributed by atoms with Crippen molar-refractivity contribution >= 4 is 22.6 Å². The molecule has 0 unspecified atom stereocenters. The summed E-state index contributed by atoms with van der Waals surface area (Å²) in [5.41, 5.74) is 2.26. The zero-order chi connectivity index (χ0) is 17.1. The average Bonchev–Trinajstić information content (AvgIpc) is 3.33. The molecule has 0 saturated heterocycles. The highest BCUT2D eigenvalue weighted by molar-refractivity contribution is 7.10. The van der Waals surface area contributed by atoms with Crippen LogP contribution in [0.3, 0.4) is 0 Å². The maximum Gasteiger partial charge on any atom is 0.260 e. The van der Waals surface area contributed by atoms with Gasteiger partial charge in [0.15, 0.2) is 5.82 Å². The normalized spacial score (nSPS) is 10.6. The number of benzene rings is 2. The van der Waals surface area contributed by atoms with E-state index in [0.29, 0.717) is 16.5 Å². The average molecular weight is 347 g/mol. The molecule has 1 amide bonds. The van der Waals surface area contributed by atoms with Crippen molar-refractivity contribution in [1.29, 1.82) is 0 Å². The van der Waals surface area contributed by atoms with Crippen molar-refractivity contribution in [2.45, 2.75) is 0 Å². The van der Waals surface area contributed by atoms with Crippen molar-refractivity contribution in [3.8, 4) is 17.1 Å². The second kappa shape index (κ2) is 6.66. The number of carbonyl (C=O) groups excluding carboxylic acids is 1. The van der Waals surface area contributed by atoms with Crippen LogP contribution in [0.4, 0.5) is 5.13 Å². The third-order valence-corrected chi connectivity index (χ3v) is 4.17. The molecular formula is C18H13N5OS. The number of anilines is 1. The molecule has 0 bridgehead atoms. The molecule has 0 aliphatic carbocycles. The zero-order valence-electron chi connectivity index (χ0n) is 13.0. The van der Waals surface area contributed by atoms with Gasteiger partial charge in [0.2, 0.25) is 5.13 Å². The molecular weight excluding hydrogens is 334 g/mol. The zero-order valence-corrected chi connectivity index (χ0v) is 13.9. The summed E-state index contributed by atoms with van der Waals surface area (Å²) in [6.07, 6.45) is 3.21. The molecule has 0 fully saturated rings. The second-order valence-electron chi connectivity index (χ2n) is 5.25. The number of para-hydroxylation sites is 1. The number of nitrogens with zero attached hydrogens (tertiary/aromatic N) is 4. The van der Waals surface area contributed by atoms with Crippen LogP contribution in [0.2, 0.25) is 0 Å². The lowest BCUT2D eigenvalue weighted by Crippen LogP contribution is -2.10. The van der Waals surface area contributed by atoms with Crippen LogP contribution in [-0.4, -0.2) is 25.0 Å². The molecule has 6 nitrogen and oxygen atoms in total. The Kier molecular flexibility index (Phi) is 4.05. The van der Waals surface area contributed by atoms with E-state index in [1.165, 1.54) is 6.20 Å². The quantitative estimate of drug-likeness (QED) is 0.612. The Hall–Kier alpha value is -3.32. The molecule has 2 aromatic carbocycles. The number of hydrogen-bond donors (Lipinski definition) is 1. The summed E-state index contributed by atoms with van der Waals surface area (Å²) in [6.45, 7) is 0. The first-order valence-corrected chi connectivity index (χ1v) is 8.37. The smallest absolute Gasteiger partial charge is 0.260 e. The molecule has 0 radical (unpaired) electrons. The van der Waals surface area contributed by atoms with Crippen molar-refractivity contribution in [3.63, 3.8) is 0 Å². The van der Waals surface area contributed by atoms with Crippen LogP contribution in [0.25, 0.3) is 17.1 Å². The van der Waals surface area contributed by atoms with Crippen LogP contribution in [0, 0.1) is 0 Å². The van der Waals surface area contributed by atoms with Crippen molar-refractivity contribution in [2.24, 2.45) is 0 Å². The van der Waals surface area contributed by atoms with Gasteiger partial charge in [0.25, 0.3) is 5.91 Å². The predicted molar refractivity (Wildman–Crippen MR) is 96.9 cm³/mol. The SMILES string of the molecule is O=C(Nc1nc(-c2ccccc2)ns1)c1cnn(-c2ccccc2)c1. The fourth-order valence-electron chi connectivity index (χ4n) is 2.31. The summed E-state index contributed by atoms with van der Waals surface area (Å²) in [5.74, 6) is 0.332. The minimum Gasteiger partial charge on any atom is -0.296 e. The van der Waals surface area contributed by atoms with Crippen LogP contribution >= 0.6 is 11.5 Å². The molecule has 0 atom stereocenters. The number of hydrogen-bond acceptors (Lipinski definition) is 5. The molecule has 4 rings (SSSR count). The predicted octanol–water partition coefficient (Wildman–Crippen LogP) is 3.64. The summed E-state index contributed by atoms with van der Waals surface area (Å²) < 4.78 is 5.94. The van der Waals surface area contributed by atoms with Gasteiger partial charge in [-0.1, -0.05) is 48.5 Å². The van der Waals surface area contributed by atoms with Gasteiger partial charge in [0.1, 0.15) is 0 Å². The van der Waals surface area contributed by atoms with Gasteiger partial charge in [-0.3, -0.25) is 10.1 Å². The van der Waals surface area contributed by atoms with E-state index in [0.717, 1.165) is 22.8 Å². The first kappa shape index (κ1) is 15.2. The van der Waals surface area contributed by atoms with Crippen LogP contribution in [0.5, 0.6) is 0 Å². The maximum atomic E-state index is 12.4. The molecule has 0 aliphatic heterocycles. The van der Waals surface area contributed by atoms with Gasteiger partial charge in [-0.2, -0.15) is 14.5 Å². The van der Waals surface area contributed by atoms with E-state index in [1.807, 2.05) is 60.7 Å². The molecule has 25 heavy (non-hydrogen) atoms. The molecule has 0 saturated carbocycles. The Morgan fingerprint density at radius 1 is 1.00 bits per heavy atom. The lowest BCUT2D eigenvalue weighted by molar-refractivity contribution is 0.102. The molecule has 0 aliphatic rings. The van der Waals surface area contributed by atoms with Crippen molar-refractivity contribution in [1.82, 2.24) is 19.1 Å². The van der Waals surface area contributed by atoms with E-state index in [2.05, 4.69) is 19.8 Å². The Morgan fingerprint density at radius 3 is 2.48 bits per heavy atom. The van der Waals surface area contributed by atoms with Crippen LogP contribution in [0.1, 0.15) is 10.4 Å². The molecule has 1 N–H and O–H groups in total. The van der Waals surface area contributed by atoms with Gasteiger partial charge in [-0.15, -0.1) is 0 Å². The number of aromatic nitrogens is 4. The first-order chi connectivity index (χ1) is 12.3. The van der Waals surface area contributed by atoms with E-state index in [-0.39, 0.29) is 5.91 Å². The monoisotopic (exact) mass is 347 g/mol. The van der Waals surface area contributed by atoms with E-state index in [9.17, 15) is 4.79 Å². The number of carbonyl (C=O) groups is 1. The molecule has 2 heterocycles. The first-order valence-electron chi connectivity index (χ1n) is 7.60. The van der Waals surface area contributed by atoms with Crippen LogP contribution in [-0.2, 0) is 0 Å². The fraction of sp³-hybridized carbons (Fsp3) is 0. The summed E-state index contributed by atoms with van der Waals surface area (Å²) >= 11 is 1.15. The van der Waals surface area contributed by atoms with Crippen LogP contribution in [0.15, 0.2) is 73.1 Å². The maximum absolute atomic E-state index is 12.4. The highest BCUT2D eigenvalue weighted by atomic mass is 32.1. The fourth-order valence-corrected chi connectivity index (χ4v) is 2.89. The van der Waals surface area contributed by atoms with Gasteiger partial charge < -0.3 is 0 Å². The molecule has 2 aromatic heterocycles. The third-order valence-electron chi connectivity index (χ3n) is 3.54. The largest absolute Gasteiger partial charge is 0.296 e. The van der Waals surface area contributed by atoms with E-state index < -0.39 is 0 Å². The second-order valence-corrected chi connectivity index (χ2v) is 6.00. The molecule has 4 aromatic rings. The van der Waals surface area contributed by atoms with Crippen LogP contribution < -0.4 is 5.32 Å². The lowest BCUT2D eigenvalue weighted by Gasteiger charge is -1.99. The highest BCUT2D eigenvalue weighted by Gasteiger charge is 2.13. The standard InChI is InChI=1S/C18H13N5OS/c24-17(14-11-19-23(12-14)15-9-5-2-6-10-15)21-18-20-16(22-25-18)13-7-3-1-4-8-13/h1-12H,(H,20,21,22,24). The Bertz CT molecular complexity index is 995. The number of amides is 1. The van der Waals surface area contributed by atoms with E-state index >= 15 is 0 Å². The Balaban J connectivity index is 1.50. The third kappa shape index (κ3) is 3.31. The summed E-state index contributed by atoms with van der Waals surface area (Å²) in [7, 11) is 0. The lowest BCUT2D eigenvalue weighted by atomic mass is 10.2. The van der Waals surface area contributed by atoms with Crippen molar-refractivity contribution in [3.05, 3.63) is 78.6 Å². The highest BCUT2D eigenvalue weighted by Crippen LogP contribution is 2.21. The van der Waals surface area contributed by atoms with Gasteiger partial charge in [0.05, 0.1) is 17.4 Å². The number of rotatable bonds is 4. The minimum atomic E-state index is -0.266. The van der Waals surface area contributed by atoms with E-state index in [1.54, 1.807) is 10.9 Å². The molecule has 7 heteroatoms. The van der Waals surface area contributed by atoms with E-state index in [4.69, 9.17) is 0 Å². The molecule has 0 spiro atoms. The van der Waals surface area contributed by atoms with Gasteiger partial charge in [-0.05, 0) is 12.1 Å². The van der Waals surface area contributed by atoms with Crippen molar-refractivity contribution < 1.29 is 4.79 Å². The van der Waals surface area contributed by atoms with Crippen molar-refractivity contribution in [2.75, 3.05) is 5.32 Å². The summed E-state index contributed by atoms with van der Waals surface area (Å²) in [5, 5.41) is 7.45. The minimum absolute atomic E-state index is 0.266. The van der Waals surface area contributed by atoms with Gasteiger partial charge in [-0.25, -0.2) is 4.68 Å². The topological polar surface area (TPSA) is 72.7 Å². The summed E-state index contributed by atoms with van der Waals surface area (Å²) in [4.78, 5) is 16.7. The Labute approximate surface area is 148 Å². The van der Waals surface area contributed by atoms with Gasteiger partial charge >= 0.3 is 0 Å². The van der Waals surface area contributed by atoms with Gasteiger partial charge in [0, 0.05) is 23.3 Å². The molecule has 122 valence electrons. The summed E-state index contributed by atoms with van der Waals surface area (Å²) in [6, 6.07) is 19.3. The Morgan fingerprint density at radius 2 is 1.72 bits per heavy atom. The number of nitrogens with one attached hydrogen (secondary N) is 1.